The number of carbonyl (C=O) groups excluding carboxylic acids is 1. The molecule has 1 aromatic carbocycles. The van der Waals surface area contributed by atoms with Crippen LogP contribution in [-0.4, -0.2) is 22.9 Å². The third kappa shape index (κ3) is 2.24. The highest BCUT2D eigenvalue weighted by molar-refractivity contribution is 5.92. The van der Waals surface area contributed by atoms with Crippen molar-refractivity contribution in [2.24, 2.45) is 0 Å². The molecule has 2 aromatic rings. The van der Waals surface area contributed by atoms with Crippen LogP contribution in [0.1, 0.15) is 16.1 Å². The van der Waals surface area contributed by atoms with Crippen molar-refractivity contribution < 1.29 is 13.9 Å². The Morgan fingerprint density at radius 1 is 1.58 bits per heavy atom. The largest absolute Gasteiger partial charge is 0.464 e. The van der Waals surface area contributed by atoms with E-state index in [-0.39, 0.29) is 22.6 Å². The second kappa shape index (κ2) is 4.78. The minimum atomic E-state index is -0.703. The molecule has 0 fully saturated rings. The number of nitriles is 1. The van der Waals surface area contributed by atoms with E-state index in [1.807, 2.05) is 6.07 Å². The zero-order valence-corrected chi connectivity index (χ0v) is 9.92. The summed E-state index contributed by atoms with van der Waals surface area (Å²) in [6.45, 7) is 0. The maximum atomic E-state index is 13.8. The number of nitrogen functional groups attached to an aromatic ring is 1. The number of nitrogens with two attached hydrogens (primary N) is 1. The predicted octanol–water partition coefficient (Wildman–Crippen LogP) is 1.25. The van der Waals surface area contributed by atoms with Gasteiger partial charge >= 0.3 is 5.97 Å². The van der Waals surface area contributed by atoms with Crippen LogP contribution >= 0.6 is 0 Å². The zero-order chi connectivity index (χ0) is 14.0. The normalized spacial score (nSPS) is 9.95. The van der Waals surface area contributed by atoms with Gasteiger partial charge in [-0.1, -0.05) is 0 Å². The molecule has 7 heteroatoms. The van der Waals surface area contributed by atoms with Crippen LogP contribution in [0.2, 0.25) is 0 Å². The van der Waals surface area contributed by atoms with E-state index in [0.717, 1.165) is 10.7 Å². The first-order chi connectivity index (χ1) is 9.06. The number of halogens is 1. The topological polar surface area (TPSA) is 93.9 Å². The van der Waals surface area contributed by atoms with E-state index in [0.29, 0.717) is 0 Å². The van der Waals surface area contributed by atoms with E-state index in [9.17, 15) is 9.18 Å². The number of benzene rings is 1. The fraction of sp³-hybridized carbons (Fsp3) is 0.0833. The summed E-state index contributed by atoms with van der Waals surface area (Å²) < 4.78 is 19.4. The highest BCUT2D eigenvalue weighted by Crippen LogP contribution is 2.18. The standard InChI is InChI=1S/C12H9FN4O2/c1-19-12(18)11-9(15)6-17(16-11)10-3-2-7(5-14)4-8(10)13/h2-4,6H,15H2,1H3. The number of hydrogen-bond donors (Lipinski definition) is 1. The molecule has 0 amide bonds. The molecule has 0 unspecified atom stereocenters. The lowest BCUT2D eigenvalue weighted by Gasteiger charge is -2.02. The van der Waals surface area contributed by atoms with Gasteiger partial charge in [0.05, 0.1) is 30.6 Å². The summed E-state index contributed by atoms with van der Waals surface area (Å²) in [5.74, 6) is -1.34. The fourth-order valence-corrected chi connectivity index (χ4v) is 1.53. The molecule has 19 heavy (non-hydrogen) atoms. The summed E-state index contributed by atoms with van der Waals surface area (Å²) in [5.41, 5.74) is 5.86. The van der Waals surface area contributed by atoms with Gasteiger partial charge in [-0.05, 0) is 18.2 Å². The molecule has 0 saturated carbocycles. The molecular formula is C12H9FN4O2. The summed E-state index contributed by atoms with van der Waals surface area (Å²) >= 11 is 0. The molecule has 0 aliphatic heterocycles. The second-order valence-corrected chi connectivity index (χ2v) is 3.65. The van der Waals surface area contributed by atoms with E-state index >= 15 is 0 Å². The van der Waals surface area contributed by atoms with Crippen LogP contribution in [0.25, 0.3) is 5.69 Å². The first-order valence-electron chi connectivity index (χ1n) is 5.20. The van der Waals surface area contributed by atoms with Crippen LogP contribution in [0, 0.1) is 17.1 Å². The van der Waals surface area contributed by atoms with Crippen molar-refractivity contribution in [2.45, 2.75) is 0 Å². The van der Waals surface area contributed by atoms with Gasteiger partial charge in [-0.2, -0.15) is 10.4 Å². The van der Waals surface area contributed by atoms with Crippen molar-refractivity contribution in [1.29, 1.82) is 5.26 Å². The van der Waals surface area contributed by atoms with Crippen LogP contribution in [0.3, 0.4) is 0 Å². The van der Waals surface area contributed by atoms with Gasteiger partial charge in [0.2, 0.25) is 0 Å². The van der Waals surface area contributed by atoms with Crippen LogP contribution < -0.4 is 5.73 Å². The summed E-state index contributed by atoms with van der Waals surface area (Å²) in [5, 5.41) is 12.5. The number of aromatic nitrogens is 2. The Morgan fingerprint density at radius 2 is 2.32 bits per heavy atom. The minimum absolute atomic E-state index is 0.0793. The summed E-state index contributed by atoms with van der Waals surface area (Å²) in [6, 6.07) is 5.71. The maximum Gasteiger partial charge on any atom is 0.360 e. The summed E-state index contributed by atoms with van der Waals surface area (Å²) in [4.78, 5) is 11.3. The number of methoxy groups -OCH3 is 1. The molecule has 0 aliphatic carbocycles. The number of carbonyl (C=O) groups is 1. The van der Waals surface area contributed by atoms with Crippen molar-refractivity contribution in [3.63, 3.8) is 0 Å². The van der Waals surface area contributed by atoms with Crippen molar-refractivity contribution in [2.75, 3.05) is 12.8 Å². The maximum absolute atomic E-state index is 13.8. The fourth-order valence-electron chi connectivity index (χ4n) is 1.53. The molecule has 0 atom stereocenters. The Labute approximate surface area is 107 Å². The molecule has 1 aromatic heterocycles. The number of anilines is 1. The van der Waals surface area contributed by atoms with E-state index in [4.69, 9.17) is 11.0 Å². The van der Waals surface area contributed by atoms with Gasteiger partial charge < -0.3 is 10.5 Å². The highest BCUT2D eigenvalue weighted by Gasteiger charge is 2.17. The Kier molecular flexibility index (Phi) is 3.16. The number of nitrogens with zero attached hydrogens (tertiary/aromatic N) is 3. The van der Waals surface area contributed by atoms with E-state index in [2.05, 4.69) is 9.84 Å². The molecule has 0 spiro atoms. The van der Waals surface area contributed by atoms with E-state index in [1.165, 1.54) is 25.4 Å². The van der Waals surface area contributed by atoms with Crippen molar-refractivity contribution in [3.8, 4) is 11.8 Å². The average Bonchev–Trinajstić information content (AvgIpc) is 2.79. The van der Waals surface area contributed by atoms with Gasteiger partial charge in [0.15, 0.2) is 5.69 Å². The lowest BCUT2D eigenvalue weighted by Crippen LogP contribution is -2.06. The number of esters is 1. The van der Waals surface area contributed by atoms with E-state index in [1.54, 1.807) is 0 Å². The Morgan fingerprint density at radius 3 is 2.89 bits per heavy atom. The lowest BCUT2D eigenvalue weighted by molar-refractivity contribution is 0.0594. The highest BCUT2D eigenvalue weighted by atomic mass is 19.1. The Bertz CT molecular complexity index is 688. The molecule has 0 aliphatic rings. The van der Waals surface area contributed by atoms with Crippen molar-refractivity contribution in [1.82, 2.24) is 9.78 Å². The van der Waals surface area contributed by atoms with Gasteiger partial charge in [0.1, 0.15) is 11.5 Å². The molecule has 6 nitrogen and oxygen atoms in total. The quantitative estimate of drug-likeness (QED) is 0.820. The Hall–Kier alpha value is -2.88. The molecule has 1 heterocycles. The monoisotopic (exact) mass is 260 g/mol. The van der Waals surface area contributed by atoms with E-state index < -0.39 is 11.8 Å². The molecule has 0 saturated heterocycles. The van der Waals surface area contributed by atoms with Gasteiger partial charge in [-0.15, -0.1) is 0 Å². The number of hydrogen-bond acceptors (Lipinski definition) is 5. The zero-order valence-electron chi connectivity index (χ0n) is 9.92. The van der Waals surface area contributed by atoms with Gasteiger partial charge in [-0.3, -0.25) is 0 Å². The van der Waals surface area contributed by atoms with Gasteiger partial charge in [0.25, 0.3) is 0 Å². The van der Waals surface area contributed by atoms with Crippen LogP contribution in [0.5, 0.6) is 0 Å². The molecule has 2 N–H and O–H groups in total. The molecule has 0 radical (unpaired) electrons. The van der Waals surface area contributed by atoms with Crippen LogP contribution in [0.15, 0.2) is 24.4 Å². The number of ether oxygens (including phenoxy) is 1. The summed E-state index contributed by atoms with van der Waals surface area (Å²) in [6.07, 6.45) is 1.30. The van der Waals surface area contributed by atoms with Crippen LogP contribution in [0.4, 0.5) is 10.1 Å². The SMILES string of the molecule is COC(=O)c1nn(-c2ccc(C#N)cc2F)cc1N. The first-order valence-corrected chi connectivity index (χ1v) is 5.20. The molecular weight excluding hydrogens is 251 g/mol. The van der Waals surface area contributed by atoms with Gasteiger partial charge in [0, 0.05) is 0 Å². The minimum Gasteiger partial charge on any atom is -0.464 e. The average molecular weight is 260 g/mol. The molecule has 96 valence electrons. The Balaban J connectivity index is 2.49. The van der Waals surface area contributed by atoms with Gasteiger partial charge in [-0.25, -0.2) is 13.9 Å². The number of rotatable bonds is 2. The van der Waals surface area contributed by atoms with Crippen molar-refractivity contribution >= 4 is 11.7 Å². The summed E-state index contributed by atoms with van der Waals surface area (Å²) in [7, 11) is 1.20. The smallest absolute Gasteiger partial charge is 0.360 e. The first kappa shape index (κ1) is 12.6. The molecule has 2 rings (SSSR count). The molecule has 0 bridgehead atoms. The third-order valence-corrected chi connectivity index (χ3v) is 2.44. The van der Waals surface area contributed by atoms with Crippen LogP contribution in [-0.2, 0) is 4.74 Å². The lowest BCUT2D eigenvalue weighted by atomic mass is 10.2. The second-order valence-electron chi connectivity index (χ2n) is 3.65. The predicted molar refractivity (Wildman–Crippen MR) is 64.0 cm³/mol. The third-order valence-electron chi connectivity index (χ3n) is 2.44. The van der Waals surface area contributed by atoms with Crippen molar-refractivity contribution in [3.05, 3.63) is 41.5 Å².